The average molecular weight is 281 g/mol. The average Bonchev–Trinajstić information content (AvgIpc) is 2.44. The molecule has 0 aliphatic heterocycles. The summed E-state index contributed by atoms with van der Waals surface area (Å²) in [5.74, 6) is 1.29. The molecule has 1 N–H and O–H groups in total. The van der Waals surface area contributed by atoms with Gasteiger partial charge in [-0.15, -0.1) is 0 Å². The van der Waals surface area contributed by atoms with Crippen molar-refractivity contribution in [3.05, 3.63) is 23.8 Å². The first-order chi connectivity index (χ1) is 9.53. The standard InChI is InChI=1S/C15H23NO4/c1-11(2)16(7-8-17)15(18)9-12-5-6-13(19-3)10-14(12)20-4/h5-6,10-11,17H,7-9H2,1-4H3. The normalized spacial score (nSPS) is 10.5. The summed E-state index contributed by atoms with van der Waals surface area (Å²) in [5.41, 5.74) is 0.807. The van der Waals surface area contributed by atoms with Crippen LogP contribution in [0.5, 0.6) is 11.5 Å². The van der Waals surface area contributed by atoms with Crippen LogP contribution >= 0.6 is 0 Å². The van der Waals surface area contributed by atoms with Gasteiger partial charge in [-0.2, -0.15) is 0 Å². The third-order valence-electron chi connectivity index (χ3n) is 3.12. The van der Waals surface area contributed by atoms with Crippen molar-refractivity contribution in [1.82, 2.24) is 4.90 Å². The molecule has 1 aromatic rings. The van der Waals surface area contributed by atoms with E-state index in [1.54, 1.807) is 31.3 Å². The minimum absolute atomic E-state index is 0.0301. The number of benzene rings is 1. The number of hydrogen-bond donors (Lipinski definition) is 1. The molecular formula is C15H23NO4. The number of nitrogens with zero attached hydrogens (tertiary/aromatic N) is 1. The Kier molecular flexibility index (Phi) is 6.31. The Bertz CT molecular complexity index is 445. The molecule has 0 unspecified atom stereocenters. The molecule has 0 aliphatic carbocycles. The minimum Gasteiger partial charge on any atom is -0.497 e. The first-order valence-electron chi connectivity index (χ1n) is 6.64. The zero-order valence-corrected chi connectivity index (χ0v) is 12.5. The van der Waals surface area contributed by atoms with E-state index in [0.29, 0.717) is 18.0 Å². The smallest absolute Gasteiger partial charge is 0.227 e. The highest BCUT2D eigenvalue weighted by atomic mass is 16.5. The van der Waals surface area contributed by atoms with Crippen molar-refractivity contribution >= 4 is 5.91 Å². The van der Waals surface area contributed by atoms with Gasteiger partial charge in [0.25, 0.3) is 0 Å². The molecule has 0 atom stereocenters. The van der Waals surface area contributed by atoms with E-state index in [0.717, 1.165) is 5.56 Å². The van der Waals surface area contributed by atoms with E-state index in [-0.39, 0.29) is 25.0 Å². The summed E-state index contributed by atoms with van der Waals surface area (Å²) in [5, 5.41) is 9.03. The fourth-order valence-corrected chi connectivity index (χ4v) is 2.04. The van der Waals surface area contributed by atoms with Crippen molar-refractivity contribution in [1.29, 1.82) is 0 Å². The Morgan fingerprint density at radius 2 is 2.00 bits per heavy atom. The van der Waals surface area contributed by atoms with Gasteiger partial charge in [-0.25, -0.2) is 0 Å². The number of rotatable bonds is 7. The Morgan fingerprint density at radius 1 is 1.30 bits per heavy atom. The van der Waals surface area contributed by atoms with Gasteiger partial charge in [-0.1, -0.05) is 6.07 Å². The summed E-state index contributed by atoms with van der Waals surface area (Å²) < 4.78 is 10.4. The summed E-state index contributed by atoms with van der Waals surface area (Å²) in [6.07, 6.45) is 0.241. The van der Waals surface area contributed by atoms with Gasteiger partial charge in [0.2, 0.25) is 5.91 Å². The topological polar surface area (TPSA) is 59.0 Å². The van der Waals surface area contributed by atoms with Crippen LogP contribution in [-0.4, -0.2) is 49.3 Å². The monoisotopic (exact) mass is 281 g/mol. The van der Waals surface area contributed by atoms with Crippen molar-refractivity contribution in [3.8, 4) is 11.5 Å². The van der Waals surface area contributed by atoms with Crippen molar-refractivity contribution in [2.24, 2.45) is 0 Å². The number of hydrogen-bond acceptors (Lipinski definition) is 4. The first-order valence-corrected chi connectivity index (χ1v) is 6.64. The third kappa shape index (κ3) is 4.13. The maximum absolute atomic E-state index is 12.3. The molecule has 0 fully saturated rings. The molecule has 20 heavy (non-hydrogen) atoms. The Labute approximate surface area is 120 Å². The van der Waals surface area contributed by atoms with Crippen LogP contribution in [0, 0.1) is 0 Å². The van der Waals surface area contributed by atoms with Crippen LogP contribution in [0.4, 0.5) is 0 Å². The Morgan fingerprint density at radius 3 is 2.50 bits per heavy atom. The molecular weight excluding hydrogens is 258 g/mol. The van der Waals surface area contributed by atoms with E-state index < -0.39 is 0 Å². The van der Waals surface area contributed by atoms with E-state index in [4.69, 9.17) is 14.6 Å². The second-order valence-corrected chi connectivity index (χ2v) is 4.76. The number of amides is 1. The van der Waals surface area contributed by atoms with Gasteiger partial charge >= 0.3 is 0 Å². The van der Waals surface area contributed by atoms with Crippen LogP contribution < -0.4 is 9.47 Å². The lowest BCUT2D eigenvalue weighted by atomic mass is 10.1. The maximum Gasteiger partial charge on any atom is 0.227 e. The zero-order valence-electron chi connectivity index (χ0n) is 12.5. The van der Waals surface area contributed by atoms with Gasteiger partial charge in [-0.3, -0.25) is 4.79 Å². The number of aliphatic hydroxyl groups excluding tert-OH is 1. The largest absolute Gasteiger partial charge is 0.497 e. The van der Waals surface area contributed by atoms with E-state index >= 15 is 0 Å². The summed E-state index contributed by atoms with van der Waals surface area (Å²) in [6.45, 7) is 4.16. The summed E-state index contributed by atoms with van der Waals surface area (Å²) in [6, 6.07) is 5.44. The minimum atomic E-state index is -0.0380. The van der Waals surface area contributed by atoms with Gasteiger partial charge in [0.05, 0.1) is 27.2 Å². The first kappa shape index (κ1) is 16.3. The van der Waals surface area contributed by atoms with E-state index in [1.807, 2.05) is 19.9 Å². The molecule has 0 heterocycles. The lowest BCUT2D eigenvalue weighted by Crippen LogP contribution is -2.39. The number of carbonyl (C=O) groups is 1. The fraction of sp³-hybridized carbons (Fsp3) is 0.533. The maximum atomic E-state index is 12.3. The molecule has 0 bridgehead atoms. The molecule has 0 radical (unpaired) electrons. The highest BCUT2D eigenvalue weighted by Gasteiger charge is 2.18. The van der Waals surface area contributed by atoms with Crippen LogP contribution in [0.2, 0.25) is 0 Å². The van der Waals surface area contributed by atoms with E-state index in [2.05, 4.69) is 0 Å². The van der Waals surface area contributed by atoms with Crippen molar-refractivity contribution in [3.63, 3.8) is 0 Å². The highest BCUT2D eigenvalue weighted by Crippen LogP contribution is 2.25. The molecule has 1 rings (SSSR count). The predicted octanol–water partition coefficient (Wildman–Crippen LogP) is 1.48. The second kappa shape index (κ2) is 7.75. The van der Waals surface area contributed by atoms with Crippen molar-refractivity contribution < 1.29 is 19.4 Å². The fourth-order valence-electron chi connectivity index (χ4n) is 2.04. The number of ether oxygens (including phenoxy) is 2. The summed E-state index contributed by atoms with van der Waals surface area (Å²) >= 11 is 0. The van der Waals surface area contributed by atoms with Gasteiger partial charge in [0.1, 0.15) is 11.5 Å². The predicted molar refractivity (Wildman–Crippen MR) is 77.2 cm³/mol. The van der Waals surface area contributed by atoms with Gasteiger partial charge in [-0.05, 0) is 19.9 Å². The van der Waals surface area contributed by atoms with Gasteiger partial charge in [0.15, 0.2) is 0 Å². The number of carbonyl (C=O) groups excluding carboxylic acids is 1. The zero-order chi connectivity index (χ0) is 15.1. The summed E-state index contributed by atoms with van der Waals surface area (Å²) in [7, 11) is 3.15. The molecule has 0 saturated heterocycles. The van der Waals surface area contributed by atoms with Crippen molar-refractivity contribution in [2.75, 3.05) is 27.4 Å². The lowest BCUT2D eigenvalue weighted by molar-refractivity contribution is -0.132. The molecule has 0 spiro atoms. The van der Waals surface area contributed by atoms with Crippen LogP contribution in [0.25, 0.3) is 0 Å². The SMILES string of the molecule is COc1ccc(CC(=O)N(CCO)C(C)C)c(OC)c1. The molecule has 0 aliphatic rings. The number of methoxy groups -OCH3 is 2. The molecule has 1 amide bonds. The molecule has 1 aromatic carbocycles. The van der Waals surface area contributed by atoms with Gasteiger partial charge < -0.3 is 19.5 Å². The van der Waals surface area contributed by atoms with Crippen molar-refractivity contribution in [2.45, 2.75) is 26.3 Å². The van der Waals surface area contributed by atoms with Gasteiger partial charge in [0, 0.05) is 24.2 Å². The van der Waals surface area contributed by atoms with Crippen LogP contribution in [0.3, 0.4) is 0 Å². The molecule has 5 heteroatoms. The quantitative estimate of drug-likeness (QED) is 0.822. The van der Waals surface area contributed by atoms with Crippen LogP contribution in [0.1, 0.15) is 19.4 Å². The second-order valence-electron chi connectivity index (χ2n) is 4.76. The van der Waals surface area contributed by atoms with E-state index in [1.165, 1.54) is 0 Å². The third-order valence-corrected chi connectivity index (χ3v) is 3.12. The number of aliphatic hydroxyl groups is 1. The molecule has 0 aromatic heterocycles. The molecule has 5 nitrogen and oxygen atoms in total. The molecule has 0 saturated carbocycles. The molecule has 112 valence electrons. The Hall–Kier alpha value is -1.75. The van der Waals surface area contributed by atoms with Crippen LogP contribution in [-0.2, 0) is 11.2 Å². The van der Waals surface area contributed by atoms with Crippen LogP contribution in [0.15, 0.2) is 18.2 Å². The van der Waals surface area contributed by atoms with E-state index in [9.17, 15) is 4.79 Å². The highest BCUT2D eigenvalue weighted by molar-refractivity contribution is 5.80. The lowest BCUT2D eigenvalue weighted by Gasteiger charge is -2.26. The Balaban J connectivity index is 2.88. The summed E-state index contributed by atoms with van der Waals surface area (Å²) in [4.78, 5) is 14.0.